The van der Waals surface area contributed by atoms with Crippen molar-refractivity contribution in [3.8, 4) is 0 Å². The molecule has 3 N–H and O–H groups in total. The molecule has 1 aromatic carbocycles. The summed E-state index contributed by atoms with van der Waals surface area (Å²) in [5.41, 5.74) is 7.76. The SMILES string of the molecule is NC(=O)C1Cc2ccccc2CN1C(=O)CC1CSCCN1. The van der Waals surface area contributed by atoms with Crippen LogP contribution >= 0.6 is 11.8 Å². The second-order valence-corrected chi connectivity index (χ2v) is 6.99. The maximum absolute atomic E-state index is 12.7. The average Bonchev–Trinajstić information content (AvgIpc) is 2.54. The molecule has 2 amide bonds. The van der Waals surface area contributed by atoms with E-state index in [4.69, 9.17) is 5.73 Å². The summed E-state index contributed by atoms with van der Waals surface area (Å²) in [7, 11) is 0. The summed E-state index contributed by atoms with van der Waals surface area (Å²) in [4.78, 5) is 26.1. The number of primary amides is 1. The Morgan fingerprint density at radius 1 is 1.32 bits per heavy atom. The van der Waals surface area contributed by atoms with Crippen LogP contribution in [0.3, 0.4) is 0 Å². The second kappa shape index (κ2) is 6.71. The van der Waals surface area contributed by atoms with Gasteiger partial charge in [-0.2, -0.15) is 11.8 Å². The summed E-state index contributed by atoms with van der Waals surface area (Å²) in [5.74, 6) is 1.62. The molecular formula is C16H21N3O2S. The van der Waals surface area contributed by atoms with Gasteiger partial charge in [0.15, 0.2) is 0 Å². The highest BCUT2D eigenvalue weighted by Crippen LogP contribution is 2.24. The summed E-state index contributed by atoms with van der Waals surface area (Å²) in [6.07, 6.45) is 0.947. The summed E-state index contributed by atoms with van der Waals surface area (Å²) in [5, 5.41) is 3.37. The molecule has 3 rings (SSSR count). The highest BCUT2D eigenvalue weighted by molar-refractivity contribution is 7.99. The normalized spacial score (nSPS) is 24.6. The fraction of sp³-hybridized carbons (Fsp3) is 0.500. The first-order chi connectivity index (χ1) is 10.6. The summed E-state index contributed by atoms with van der Waals surface area (Å²) in [6.45, 7) is 1.41. The van der Waals surface area contributed by atoms with Crippen molar-refractivity contribution in [1.82, 2.24) is 10.2 Å². The van der Waals surface area contributed by atoms with Crippen LogP contribution in [0.1, 0.15) is 17.5 Å². The van der Waals surface area contributed by atoms with E-state index in [2.05, 4.69) is 5.32 Å². The summed E-state index contributed by atoms with van der Waals surface area (Å²) in [6, 6.07) is 7.60. The van der Waals surface area contributed by atoms with E-state index in [1.54, 1.807) is 4.90 Å². The van der Waals surface area contributed by atoms with Crippen molar-refractivity contribution in [2.75, 3.05) is 18.1 Å². The van der Waals surface area contributed by atoms with Gasteiger partial charge in [0.1, 0.15) is 6.04 Å². The van der Waals surface area contributed by atoms with Gasteiger partial charge in [0.2, 0.25) is 11.8 Å². The van der Waals surface area contributed by atoms with Crippen molar-refractivity contribution in [1.29, 1.82) is 0 Å². The zero-order valence-electron chi connectivity index (χ0n) is 12.5. The quantitative estimate of drug-likeness (QED) is 0.852. The van der Waals surface area contributed by atoms with Crippen molar-refractivity contribution in [2.24, 2.45) is 5.73 Å². The van der Waals surface area contributed by atoms with Crippen LogP contribution < -0.4 is 11.1 Å². The topological polar surface area (TPSA) is 75.4 Å². The van der Waals surface area contributed by atoms with Crippen molar-refractivity contribution < 1.29 is 9.59 Å². The Balaban J connectivity index is 1.75. The predicted molar refractivity (Wildman–Crippen MR) is 87.4 cm³/mol. The van der Waals surface area contributed by atoms with E-state index in [9.17, 15) is 9.59 Å². The molecule has 2 aliphatic heterocycles. The lowest BCUT2D eigenvalue weighted by Crippen LogP contribution is -2.52. The minimum atomic E-state index is -0.529. The van der Waals surface area contributed by atoms with Gasteiger partial charge in [0.25, 0.3) is 0 Å². The number of hydrogen-bond acceptors (Lipinski definition) is 4. The fourth-order valence-corrected chi connectivity index (χ4v) is 4.07. The van der Waals surface area contributed by atoms with E-state index in [1.807, 2.05) is 36.0 Å². The first kappa shape index (κ1) is 15.4. The largest absolute Gasteiger partial charge is 0.368 e. The minimum absolute atomic E-state index is 0.0123. The Morgan fingerprint density at radius 3 is 2.77 bits per heavy atom. The minimum Gasteiger partial charge on any atom is -0.368 e. The van der Waals surface area contributed by atoms with Crippen molar-refractivity contribution in [2.45, 2.75) is 31.5 Å². The third-order valence-electron chi connectivity index (χ3n) is 4.32. The summed E-state index contributed by atoms with van der Waals surface area (Å²) < 4.78 is 0. The molecule has 1 saturated heterocycles. The molecule has 118 valence electrons. The first-order valence-corrected chi connectivity index (χ1v) is 8.77. The molecule has 2 unspecified atom stereocenters. The fourth-order valence-electron chi connectivity index (χ4n) is 3.12. The zero-order chi connectivity index (χ0) is 15.5. The lowest BCUT2D eigenvalue weighted by atomic mass is 9.93. The third-order valence-corrected chi connectivity index (χ3v) is 5.45. The van der Waals surface area contributed by atoms with Gasteiger partial charge in [-0.3, -0.25) is 9.59 Å². The maximum atomic E-state index is 12.7. The molecule has 2 aliphatic rings. The third kappa shape index (κ3) is 3.28. The van der Waals surface area contributed by atoms with Gasteiger partial charge in [-0.25, -0.2) is 0 Å². The molecule has 2 heterocycles. The van der Waals surface area contributed by atoms with E-state index in [0.29, 0.717) is 19.4 Å². The zero-order valence-corrected chi connectivity index (χ0v) is 13.3. The smallest absolute Gasteiger partial charge is 0.240 e. The number of nitrogens with zero attached hydrogens (tertiary/aromatic N) is 1. The first-order valence-electron chi connectivity index (χ1n) is 7.62. The molecule has 1 aromatic rings. The number of fused-ring (bicyclic) bond motifs is 1. The molecule has 5 nitrogen and oxygen atoms in total. The summed E-state index contributed by atoms with van der Waals surface area (Å²) >= 11 is 1.86. The van der Waals surface area contributed by atoms with Crippen LogP contribution in [0, 0.1) is 0 Å². The Kier molecular flexibility index (Phi) is 4.69. The number of nitrogens with two attached hydrogens (primary N) is 1. The Bertz CT molecular complexity index is 572. The lowest BCUT2D eigenvalue weighted by molar-refractivity contribution is -0.141. The Labute approximate surface area is 134 Å². The van der Waals surface area contributed by atoms with Crippen LogP contribution in [0.15, 0.2) is 24.3 Å². The van der Waals surface area contributed by atoms with Crippen molar-refractivity contribution in [3.63, 3.8) is 0 Å². The molecule has 2 atom stereocenters. The Morgan fingerprint density at radius 2 is 2.09 bits per heavy atom. The molecule has 0 aromatic heterocycles. The molecule has 0 radical (unpaired) electrons. The van der Waals surface area contributed by atoms with Crippen LogP contribution in [-0.2, 0) is 22.6 Å². The van der Waals surface area contributed by atoms with Gasteiger partial charge in [-0.05, 0) is 11.1 Å². The second-order valence-electron chi connectivity index (χ2n) is 5.84. The molecule has 6 heteroatoms. The number of carbonyl (C=O) groups is 2. The lowest BCUT2D eigenvalue weighted by Gasteiger charge is -2.36. The number of nitrogens with one attached hydrogen (secondary N) is 1. The molecular weight excluding hydrogens is 298 g/mol. The van der Waals surface area contributed by atoms with Crippen LogP contribution in [0.4, 0.5) is 0 Å². The van der Waals surface area contributed by atoms with Crippen LogP contribution in [0.2, 0.25) is 0 Å². The number of hydrogen-bond donors (Lipinski definition) is 2. The van der Waals surface area contributed by atoms with Gasteiger partial charge in [0, 0.05) is 43.5 Å². The van der Waals surface area contributed by atoms with Crippen LogP contribution in [-0.4, -0.2) is 46.8 Å². The van der Waals surface area contributed by atoms with E-state index in [1.165, 1.54) is 0 Å². The van der Waals surface area contributed by atoms with Gasteiger partial charge >= 0.3 is 0 Å². The molecule has 0 saturated carbocycles. The van der Waals surface area contributed by atoms with Gasteiger partial charge in [-0.1, -0.05) is 24.3 Å². The van der Waals surface area contributed by atoms with Crippen LogP contribution in [0.5, 0.6) is 0 Å². The highest BCUT2D eigenvalue weighted by atomic mass is 32.2. The average molecular weight is 319 g/mol. The highest BCUT2D eigenvalue weighted by Gasteiger charge is 2.34. The standard InChI is InChI=1S/C16H21N3O2S/c17-16(21)14-7-11-3-1-2-4-12(11)9-19(14)15(20)8-13-10-22-6-5-18-13/h1-4,13-14,18H,5-10H2,(H2,17,21). The predicted octanol–water partition coefficient (Wildman–Crippen LogP) is 0.520. The molecule has 0 aliphatic carbocycles. The molecule has 22 heavy (non-hydrogen) atoms. The Hall–Kier alpha value is -1.53. The molecule has 1 fully saturated rings. The van der Waals surface area contributed by atoms with Gasteiger partial charge in [0.05, 0.1) is 0 Å². The maximum Gasteiger partial charge on any atom is 0.240 e. The van der Waals surface area contributed by atoms with Gasteiger partial charge < -0.3 is 16.0 Å². The van der Waals surface area contributed by atoms with E-state index in [0.717, 1.165) is 29.2 Å². The number of amides is 2. The number of benzene rings is 1. The number of carbonyl (C=O) groups excluding carboxylic acids is 2. The van der Waals surface area contributed by atoms with E-state index < -0.39 is 11.9 Å². The number of rotatable bonds is 3. The van der Waals surface area contributed by atoms with Crippen molar-refractivity contribution in [3.05, 3.63) is 35.4 Å². The van der Waals surface area contributed by atoms with Gasteiger partial charge in [-0.15, -0.1) is 0 Å². The van der Waals surface area contributed by atoms with Crippen molar-refractivity contribution >= 4 is 23.6 Å². The monoisotopic (exact) mass is 319 g/mol. The molecule has 0 spiro atoms. The van der Waals surface area contributed by atoms with E-state index in [-0.39, 0.29) is 11.9 Å². The molecule has 0 bridgehead atoms. The van der Waals surface area contributed by atoms with E-state index >= 15 is 0 Å². The number of thioether (sulfide) groups is 1. The van der Waals surface area contributed by atoms with Crippen LogP contribution in [0.25, 0.3) is 0 Å².